The second-order valence-corrected chi connectivity index (χ2v) is 5.91. The van der Waals surface area contributed by atoms with Gasteiger partial charge in [0.15, 0.2) is 0 Å². The molecule has 7 heteroatoms. The third kappa shape index (κ3) is 4.19. The van der Waals surface area contributed by atoms with E-state index < -0.39 is 11.9 Å². The number of hydrogen-bond donors (Lipinski definition) is 0. The Bertz CT molecular complexity index is 696. The Morgan fingerprint density at radius 2 is 2.13 bits per heavy atom. The zero-order valence-corrected chi connectivity index (χ0v) is 13.2. The Morgan fingerprint density at radius 3 is 2.65 bits per heavy atom. The molecular weight excluding hydrogens is 325 g/mol. The summed E-state index contributed by atoms with van der Waals surface area (Å²) >= 11 is 1.51. The third-order valence-corrected chi connectivity index (χ3v) is 4.03. The van der Waals surface area contributed by atoms with Gasteiger partial charge in [0.25, 0.3) is 5.91 Å². The molecule has 3 nitrogen and oxygen atoms in total. The predicted molar refractivity (Wildman–Crippen MR) is 83.2 cm³/mol. The molecular formula is C16H15F3N2OS. The summed E-state index contributed by atoms with van der Waals surface area (Å²) in [5.41, 5.74) is -0.776. The van der Waals surface area contributed by atoms with E-state index in [0.29, 0.717) is 13.1 Å². The molecule has 0 saturated carbocycles. The number of carbonyl (C=O) groups excluding carboxylic acids is 1. The van der Waals surface area contributed by atoms with E-state index in [0.717, 1.165) is 10.9 Å². The number of rotatable bonds is 5. The highest BCUT2D eigenvalue weighted by molar-refractivity contribution is 7.09. The van der Waals surface area contributed by atoms with Gasteiger partial charge in [-0.2, -0.15) is 13.2 Å². The molecule has 122 valence electrons. The van der Waals surface area contributed by atoms with Crippen LogP contribution in [0.2, 0.25) is 0 Å². The molecule has 0 aliphatic heterocycles. The number of aromatic nitrogens is 1. The van der Waals surface area contributed by atoms with Crippen LogP contribution in [0.15, 0.2) is 42.3 Å². The van der Waals surface area contributed by atoms with Gasteiger partial charge in [0.05, 0.1) is 17.8 Å². The van der Waals surface area contributed by atoms with Crippen LogP contribution in [-0.2, 0) is 12.7 Å². The van der Waals surface area contributed by atoms with Gasteiger partial charge in [-0.05, 0) is 30.5 Å². The SMILES string of the molecule is C=CCN(Cc1cccs1)C(=O)c1ccc(C(F)(F)F)nc1C. The van der Waals surface area contributed by atoms with E-state index in [9.17, 15) is 18.0 Å². The molecule has 0 saturated heterocycles. The summed E-state index contributed by atoms with van der Waals surface area (Å²) < 4.78 is 38.0. The van der Waals surface area contributed by atoms with E-state index >= 15 is 0 Å². The number of alkyl halides is 3. The van der Waals surface area contributed by atoms with Gasteiger partial charge >= 0.3 is 6.18 Å². The predicted octanol–water partition coefficient (Wildman–Crippen LogP) is 4.30. The largest absolute Gasteiger partial charge is 0.433 e. The summed E-state index contributed by atoms with van der Waals surface area (Å²) in [6, 6.07) is 5.78. The lowest BCUT2D eigenvalue weighted by Gasteiger charge is -2.21. The minimum atomic E-state index is -4.52. The van der Waals surface area contributed by atoms with Gasteiger partial charge in [-0.15, -0.1) is 17.9 Å². The van der Waals surface area contributed by atoms with Crippen molar-refractivity contribution in [2.45, 2.75) is 19.6 Å². The fourth-order valence-electron chi connectivity index (χ4n) is 2.08. The molecule has 0 bridgehead atoms. The highest BCUT2D eigenvalue weighted by atomic mass is 32.1. The molecule has 0 aliphatic rings. The molecule has 2 aromatic heterocycles. The number of aryl methyl sites for hydroxylation is 1. The van der Waals surface area contributed by atoms with Gasteiger partial charge in [0.1, 0.15) is 5.69 Å². The van der Waals surface area contributed by atoms with Crippen molar-refractivity contribution in [1.82, 2.24) is 9.88 Å². The van der Waals surface area contributed by atoms with Crippen molar-refractivity contribution in [2.75, 3.05) is 6.54 Å². The minimum Gasteiger partial charge on any atom is -0.330 e. The maximum absolute atomic E-state index is 12.7. The lowest BCUT2D eigenvalue weighted by Crippen LogP contribution is -2.31. The topological polar surface area (TPSA) is 33.2 Å². The first-order valence-corrected chi connectivity index (χ1v) is 7.68. The average Bonchev–Trinajstić information content (AvgIpc) is 2.98. The van der Waals surface area contributed by atoms with Crippen molar-refractivity contribution in [2.24, 2.45) is 0 Å². The van der Waals surface area contributed by atoms with Crippen LogP contribution < -0.4 is 0 Å². The van der Waals surface area contributed by atoms with Crippen LogP contribution in [0.25, 0.3) is 0 Å². The molecule has 0 aromatic carbocycles. The summed E-state index contributed by atoms with van der Waals surface area (Å²) in [6.45, 7) is 5.70. The maximum atomic E-state index is 12.7. The summed E-state index contributed by atoms with van der Waals surface area (Å²) in [7, 11) is 0. The number of pyridine rings is 1. The van der Waals surface area contributed by atoms with Crippen LogP contribution in [0.1, 0.15) is 26.6 Å². The first-order valence-electron chi connectivity index (χ1n) is 6.80. The van der Waals surface area contributed by atoms with Crippen LogP contribution in [0, 0.1) is 6.92 Å². The van der Waals surface area contributed by atoms with Crippen molar-refractivity contribution in [1.29, 1.82) is 0 Å². The monoisotopic (exact) mass is 340 g/mol. The normalized spacial score (nSPS) is 11.3. The molecule has 2 rings (SSSR count). The quantitative estimate of drug-likeness (QED) is 0.761. The van der Waals surface area contributed by atoms with Crippen LogP contribution in [0.3, 0.4) is 0 Å². The summed E-state index contributed by atoms with van der Waals surface area (Å²) in [5.74, 6) is -0.364. The molecule has 23 heavy (non-hydrogen) atoms. The molecule has 0 atom stereocenters. The van der Waals surface area contributed by atoms with Crippen molar-refractivity contribution in [3.05, 3.63) is 64.1 Å². The van der Waals surface area contributed by atoms with Gasteiger partial charge in [-0.25, -0.2) is 4.98 Å². The molecule has 0 N–H and O–H groups in total. The van der Waals surface area contributed by atoms with Crippen molar-refractivity contribution in [3.8, 4) is 0 Å². The number of thiophene rings is 1. The molecule has 2 heterocycles. The lowest BCUT2D eigenvalue weighted by molar-refractivity contribution is -0.141. The van der Waals surface area contributed by atoms with Gasteiger partial charge in [-0.3, -0.25) is 4.79 Å². The number of hydrogen-bond acceptors (Lipinski definition) is 3. The van der Waals surface area contributed by atoms with Crippen molar-refractivity contribution in [3.63, 3.8) is 0 Å². The van der Waals surface area contributed by atoms with Gasteiger partial charge in [0, 0.05) is 11.4 Å². The molecule has 0 radical (unpaired) electrons. The van der Waals surface area contributed by atoms with E-state index in [-0.39, 0.29) is 17.2 Å². The van der Waals surface area contributed by atoms with Crippen LogP contribution in [0.4, 0.5) is 13.2 Å². The van der Waals surface area contributed by atoms with Gasteiger partial charge in [0.2, 0.25) is 0 Å². The van der Waals surface area contributed by atoms with Crippen LogP contribution >= 0.6 is 11.3 Å². The molecule has 0 unspecified atom stereocenters. The highest BCUT2D eigenvalue weighted by Crippen LogP contribution is 2.28. The van der Waals surface area contributed by atoms with E-state index in [1.807, 2.05) is 17.5 Å². The smallest absolute Gasteiger partial charge is 0.330 e. The molecule has 0 fully saturated rings. The molecule has 0 aliphatic carbocycles. The Morgan fingerprint density at radius 1 is 1.39 bits per heavy atom. The maximum Gasteiger partial charge on any atom is 0.433 e. The summed E-state index contributed by atoms with van der Waals surface area (Å²) in [6.07, 6.45) is -2.94. The molecule has 0 spiro atoms. The second kappa shape index (κ2) is 6.95. The number of halogens is 3. The number of amides is 1. The van der Waals surface area contributed by atoms with Crippen molar-refractivity contribution >= 4 is 17.2 Å². The average molecular weight is 340 g/mol. The zero-order valence-electron chi connectivity index (χ0n) is 12.4. The molecule has 2 aromatic rings. The minimum absolute atomic E-state index is 0.0602. The van der Waals surface area contributed by atoms with E-state index in [4.69, 9.17) is 0 Å². The standard InChI is InChI=1S/C16H15F3N2OS/c1-3-8-21(10-12-5-4-9-23-12)15(22)13-6-7-14(16(17,18)19)20-11(13)2/h3-7,9H,1,8,10H2,2H3. The molecule has 1 amide bonds. The van der Waals surface area contributed by atoms with Gasteiger partial charge < -0.3 is 4.90 Å². The zero-order chi connectivity index (χ0) is 17.0. The first-order chi connectivity index (χ1) is 10.8. The number of nitrogens with zero attached hydrogens (tertiary/aromatic N) is 2. The Kier molecular flexibility index (Phi) is 5.20. The van der Waals surface area contributed by atoms with Crippen LogP contribution in [-0.4, -0.2) is 22.3 Å². The summed E-state index contributed by atoms with van der Waals surface area (Å²) in [4.78, 5) is 18.6. The Hall–Kier alpha value is -2.15. The third-order valence-electron chi connectivity index (χ3n) is 3.17. The first kappa shape index (κ1) is 17.2. The van der Waals surface area contributed by atoms with Gasteiger partial charge in [-0.1, -0.05) is 12.1 Å². The van der Waals surface area contributed by atoms with Crippen molar-refractivity contribution < 1.29 is 18.0 Å². The highest BCUT2D eigenvalue weighted by Gasteiger charge is 2.33. The Balaban J connectivity index is 2.27. The fraction of sp³-hybridized carbons (Fsp3) is 0.250. The lowest BCUT2D eigenvalue weighted by atomic mass is 10.1. The summed E-state index contributed by atoms with van der Waals surface area (Å²) in [5, 5.41) is 1.90. The Labute approximate surface area is 136 Å². The van der Waals surface area contributed by atoms with E-state index in [1.165, 1.54) is 29.2 Å². The second-order valence-electron chi connectivity index (χ2n) is 4.88. The van der Waals surface area contributed by atoms with E-state index in [2.05, 4.69) is 11.6 Å². The van der Waals surface area contributed by atoms with E-state index in [1.54, 1.807) is 6.08 Å². The van der Waals surface area contributed by atoms with Crippen LogP contribution in [0.5, 0.6) is 0 Å². The number of carbonyl (C=O) groups is 1. The fourth-order valence-corrected chi connectivity index (χ4v) is 2.80.